The van der Waals surface area contributed by atoms with Crippen molar-refractivity contribution in [2.24, 2.45) is 0 Å². The van der Waals surface area contributed by atoms with Gasteiger partial charge in [0.2, 0.25) is 10.0 Å². The predicted molar refractivity (Wildman–Crippen MR) is 64.3 cm³/mol. The van der Waals surface area contributed by atoms with Crippen LogP contribution in [-0.4, -0.2) is 33.7 Å². The molecule has 0 radical (unpaired) electrons. The number of rotatable bonds is 6. The first-order valence-electron chi connectivity index (χ1n) is 5.05. The van der Waals surface area contributed by atoms with E-state index in [4.69, 9.17) is 0 Å². The van der Waals surface area contributed by atoms with Gasteiger partial charge in [0.25, 0.3) is 0 Å². The SMILES string of the molecule is CCC(C)(CC(C)(C)S(=O)(=O)NC)S(=O)[O-]. The quantitative estimate of drug-likeness (QED) is 0.722. The van der Waals surface area contributed by atoms with Crippen molar-refractivity contribution in [3.63, 3.8) is 0 Å². The Bertz CT molecular complexity index is 364. The number of sulfonamides is 1. The summed E-state index contributed by atoms with van der Waals surface area (Å²) in [5, 5.41) is 0. The summed E-state index contributed by atoms with van der Waals surface area (Å²) in [6.07, 6.45) is 0.446. The first-order chi connectivity index (χ1) is 7.02. The summed E-state index contributed by atoms with van der Waals surface area (Å²) in [5.41, 5.74) is 0. The Morgan fingerprint density at radius 3 is 2.00 bits per heavy atom. The molecule has 16 heavy (non-hydrogen) atoms. The first kappa shape index (κ1) is 16.0. The van der Waals surface area contributed by atoms with E-state index in [0.717, 1.165) is 0 Å². The minimum Gasteiger partial charge on any atom is -0.772 e. The third-order valence-electron chi connectivity index (χ3n) is 2.95. The molecular weight excluding hydrogens is 250 g/mol. The van der Waals surface area contributed by atoms with Crippen LogP contribution in [0.2, 0.25) is 0 Å². The molecule has 0 heterocycles. The Morgan fingerprint density at radius 2 is 1.75 bits per heavy atom. The molecule has 0 rings (SSSR count). The molecule has 1 N–H and O–H groups in total. The molecule has 0 spiro atoms. The monoisotopic (exact) mass is 270 g/mol. The lowest BCUT2D eigenvalue weighted by atomic mass is 9.95. The van der Waals surface area contributed by atoms with Crippen molar-refractivity contribution >= 4 is 21.1 Å². The van der Waals surface area contributed by atoms with E-state index in [0.29, 0.717) is 6.42 Å². The minimum atomic E-state index is -3.50. The summed E-state index contributed by atoms with van der Waals surface area (Å²) in [7, 11) is -2.17. The lowest BCUT2D eigenvalue weighted by Gasteiger charge is -2.37. The molecule has 2 atom stereocenters. The highest BCUT2D eigenvalue weighted by atomic mass is 32.2. The fourth-order valence-electron chi connectivity index (χ4n) is 1.57. The van der Waals surface area contributed by atoms with Crippen LogP contribution in [0.4, 0.5) is 0 Å². The van der Waals surface area contributed by atoms with Gasteiger partial charge in [0.05, 0.1) is 4.75 Å². The molecule has 98 valence electrons. The molecule has 0 aromatic carbocycles. The van der Waals surface area contributed by atoms with Gasteiger partial charge in [-0.15, -0.1) is 0 Å². The Labute approximate surface area is 100 Å². The van der Waals surface area contributed by atoms with E-state index >= 15 is 0 Å². The molecule has 0 amide bonds. The van der Waals surface area contributed by atoms with Gasteiger partial charge in [0, 0.05) is 4.75 Å². The summed E-state index contributed by atoms with van der Waals surface area (Å²) in [4.78, 5) is 0. The Morgan fingerprint density at radius 1 is 1.31 bits per heavy atom. The third kappa shape index (κ3) is 3.26. The van der Waals surface area contributed by atoms with Crippen LogP contribution in [0.3, 0.4) is 0 Å². The standard InChI is InChI=1S/C9H21NO4S2/c1-6-9(4,15(11)12)7-8(2,3)16(13,14)10-5/h10H,6-7H2,1-5H3,(H,11,12)/p-1. The molecule has 0 aromatic rings. The summed E-state index contributed by atoms with van der Waals surface area (Å²) in [6, 6.07) is 0. The van der Waals surface area contributed by atoms with Gasteiger partial charge < -0.3 is 4.55 Å². The average molecular weight is 270 g/mol. The van der Waals surface area contributed by atoms with Crippen LogP contribution in [0.5, 0.6) is 0 Å². The molecule has 0 aromatic heterocycles. The normalized spacial score (nSPS) is 19.1. The Balaban J connectivity index is 5.18. The van der Waals surface area contributed by atoms with Crippen molar-refractivity contribution < 1.29 is 17.2 Å². The van der Waals surface area contributed by atoms with Gasteiger partial charge in [0.15, 0.2) is 0 Å². The zero-order valence-electron chi connectivity index (χ0n) is 10.4. The lowest BCUT2D eigenvalue weighted by molar-refractivity contribution is 0.415. The van der Waals surface area contributed by atoms with Crippen molar-refractivity contribution in [3.8, 4) is 0 Å². The highest BCUT2D eigenvalue weighted by Gasteiger charge is 2.40. The lowest BCUT2D eigenvalue weighted by Crippen LogP contribution is -2.47. The average Bonchev–Trinajstić information content (AvgIpc) is 2.16. The van der Waals surface area contributed by atoms with Crippen LogP contribution in [0.15, 0.2) is 0 Å². The largest absolute Gasteiger partial charge is 0.772 e. The predicted octanol–water partition coefficient (Wildman–Crippen LogP) is 0.752. The van der Waals surface area contributed by atoms with Crippen LogP contribution < -0.4 is 4.72 Å². The molecule has 5 nitrogen and oxygen atoms in total. The summed E-state index contributed by atoms with van der Waals surface area (Å²) >= 11 is -2.29. The van der Waals surface area contributed by atoms with Gasteiger partial charge in [-0.1, -0.05) is 6.92 Å². The van der Waals surface area contributed by atoms with Gasteiger partial charge in [-0.2, -0.15) is 0 Å². The van der Waals surface area contributed by atoms with Crippen molar-refractivity contribution in [1.82, 2.24) is 4.72 Å². The number of hydrogen-bond donors (Lipinski definition) is 1. The van der Waals surface area contributed by atoms with Gasteiger partial charge in [-0.05, 0) is 51.7 Å². The summed E-state index contributed by atoms with van der Waals surface area (Å²) < 4.78 is 45.8. The Hall–Kier alpha value is 0.0200. The second-order valence-corrected chi connectivity index (χ2v) is 8.66. The molecule has 0 aliphatic carbocycles. The van der Waals surface area contributed by atoms with Gasteiger partial charge >= 0.3 is 0 Å². The maximum atomic E-state index is 11.7. The number of nitrogens with one attached hydrogen (secondary N) is 1. The maximum absolute atomic E-state index is 11.7. The van der Waals surface area contributed by atoms with E-state index in [1.807, 2.05) is 0 Å². The van der Waals surface area contributed by atoms with Gasteiger partial charge in [-0.25, -0.2) is 13.1 Å². The first-order valence-corrected chi connectivity index (χ1v) is 7.60. The molecular formula is C9H20NO4S2-. The zero-order valence-corrected chi connectivity index (χ0v) is 12.0. The molecule has 0 fully saturated rings. The highest BCUT2D eigenvalue weighted by Crippen LogP contribution is 2.32. The smallest absolute Gasteiger partial charge is 0.216 e. The molecule has 0 saturated carbocycles. The molecule has 0 aliphatic rings. The molecule has 7 heteroatoms. The van der Waals surface area contributed by atoms with E-state index in [2.05, 4.69) is 4.72 Å². The fraction of sp³-hybridized carbons (Fsp3) is 1.00. The van der Waals surface area contributed by atoms with Gasteiger partial charge in [0.1, 0.15) is 0 Å². The number of hydrogen-bond acceptors (Lipinski definition) is 4. The van der Waals surface area contributed by atoms with Crippen LogP contribution in [0.25, 0.3) is 0 Å². The van der Waals surface area contributed by atoms with Crippen LogP contribution in [0, 0.1) is 0 Å². The van der Waals surface area contributed by atoms with E-state index in [1.165, 1.54) is 20.9 Å². The second kappa shape index (κ2) is 5.12. The van der Waals surface area contributed by atoms with Crippen molar-refractivity contribution in [1.29, 1.82) is 0 Å². The molecule has 0 bridgehead atoms. The fourth-order valence-corrected chi connectivity index (χ4v) is 3.44. The molecule has 2 unspecified atom stereocenters. The topological polar surface area (TPSA) is 86.3 Å². The molecule has 0 saturated heterocycles. The van der Waals surface area contributed by atoms with Crippen molar-refractivity contribution in [2.45, 2.75) is 50.0 Å². The van der Waals surface area contributed by atoms with Crippen LogP contribution >= 0.6 is 0 Å². The van der Waals surface area contributed by atoms with Crippen molar-refractivity contribution in [2.75, 3.05) is 7.05 Å². The van der Waals surface area contributed by atoms with E-state index in [1.54, 1.807) is 13.8 Å². The molecule has 0 aliphatic heterocycles. The van der Waals surface area contributed by atoms with E-state index in [-0.39, 0.29) is 6.42 Å². The second-order valence-electron chi connectivity index (χ2n) is 4.68. The van der Waals surface area contributed by atoms with E-state index in [9.17, 15) is 17.2 Å². The maximum Gasteiger partial charge on any atom is 0.216 e. The third-order valence-corrected chi connectivity index (χ3v) is 6.32. The zero-order chi connectivity index (χ0) is 13.2. The van der Waals surface area contributed by atoms with Gasteiger partial charge in [-0.3, -0.25) is 4.21 Å². The minimum absolute atomic E-state index is 0.0653. The van der Waals surface area contributed by atoms with E-state index < -0.39 is 30.6 Å². The van der Waals surface area contributed by atoms with Crippen LogP contribution in [-0.2, 0) is 21.1 Å². The van der Waals surface area contributed by atoms with Crippen molar-refractivity contribution in [3.05, 3.63) is 0 Å². The highest BCUT2D eigenvalue weighted by molar-refractivity contribution is 7.90. The Kier molecular flexibility index (Phi) is 5.12. The van der Waals surface area contributed by atoms with Crippen LogP contribution in [0.1, 0.15) is 40.5 Å². The summed E-state index contributed by atoms with van der Waals surface area (Å²) in [6.45, 7) is 6.35. The summed E-state index contributed by atoms with van der Waals surface area (Å²) in [5.74, 6) is 0.